The van der Waals surface area contributed by atoms with E-state index >= 15 is 0 Å². The maximum atomic E-state index is 8.94. The summed E-state index contributed by atoms with van der Waals surface area (Å²) < 4.78 is 1.86. The molecular formula is C14H16Br2ClN3O2. The Hall–Kier alpha value is -0.830. The van der Waals surface area contributed by atoms with E-state index in [0.29, 0.717) is 5.69 Å². The summed E-state index contributed by atoms with van der Waals surface area (Å²) in [6, 6.07) is 10.9. The number of aliphatic hydroxyl groups is 2. The van der Waals surface area contributed by atoms with Gasteiger partial charge in [0.1, 0.15) is 0 Å². The smallest absolute Gasteiger partial charge is 0.0702 e. The van der Waals surface area contributed by atoms with E-state index in [9.17, 15) is 0 Å². The van der Waals surface area contributed by atoms with Crippen molar-refractivity contribution in [3.8, 4) is 0 Å². The summed E-state index contributed by atoms with van der Waals surface area (Å²) in [5.41, 5.74) is 11.1. The molecule has 0 aliphatic carbocycles. The fourth-order valence-corrected chi connectivity index (χ4v) is 2.50. The number of nitrogen functional groups attached to an aromatic ring is 1. The summed E-state index contributed by atoms with van der Waals surface area (Å²) in [4.78, 5) is 2.27. The lowest BCUT2D eigenvalue weighted by molar-refractivity contribution is 0.282. The van der Waals surface area contributed by atoms with Gasteiger partial charge in [0.05, 0.1) is 18.9 Å². The lowest BCUT2D eigenvalue weighted by Crippen LogP contribution is -2.10. The number of nitrogens with two attached hydrogens (primary N) is 1. The van der Waals surface area contributed by atoms with Gasteiger partial charge in [0.25, 0.3) is 0 Å². The van der Waals surface area contributed by atoms with E-state index in [4.69, 9.17) is 27.7 Å². The molecule has 0 saturated heterocycles. The number of rotatable bonds is 4. The number of hydrazine groups is 1. The molecule has 0 radical (unpaired) electrons. The van der Waals surface area contributed by atoms with Crippen LogP contribution in [0.3, 0.4) is 0 Å². The van der Waals surface area contributed by atoms with Crippen molar-refractivity contribution in [2.75, 3.05) is 11.2 Å². The van der Waals surface area contributed by atoms with Crippen LogP contribution in [0.4, 0.5) is 11.4 Å². The summed E-state index contributed by atoms with van der Waals surface area (Å²) in [7, 11) is 0. The Bertz CT molecular complexity index is 615. The highest BCUT2D eigenvalue weighted by atomic mass is 79.9. The maximum absolute atomic E-state index is 8.94. The van der Waals surface area contributed by atoms with Crippen LogP contribution in [-0.2, 0) is 13.2 Å². The first kappa shape index (κ1) is 19.2. The SMILES string of the molecule is Nc1ccc(Br)cc1CO.OCc1cc(Br)ccc1NNCl. The fourth-order valence-electron chi connectivity index (χ4n) is 1.58. The molecule has 120 valence electrons. The number of hydrogen-bond acceptors (Lipinski definition) is 5. The molecule has 0 fully saturated rings. The molecule has 0 unspecified atom stereocenters. The van der Waals surface area contributed by atoms with Gasteiger partial charge in [-0.15, -0.1) is 4.94 Å². The summed E-state index contributed by atoms with van der Waals surface area (Å²) in [5.74, 6) is 0. The van der Waals surface area contributed by atoms with Crippen LogP contribution in [0, 0.1) is 0 Å². The van der Waals surface area contributed by atoms with Gasteiger partial charge in [0.2, 0.25) is 0 Å². The molecule has 8 heteroatoms. The van der Waals surface area contributed by atoms with Crippen molar-refractivity contribution in [1.82, 2.24) is 4.94 Å². The van der Waals surface area contributed by atoms with Gasteiger partial charge in [-0.05, 0) is 48.2 Å². The van der Waals surface area contributed by atoms with Crippen LogP contribution in [0.2, 0.25) is 0 Å². The first-order chi connectivity index (χ1) is 10.5. The average Bonchev–Trinajstić information content (AvgIpc) is 2.52. The normalized spacial score (nSPS) is 9.86. The molecule has 0 saturated carbocycles. The van der Waals surface area contributed by atoms with Crippen molar-refractivity contribution in [3.05, 3.63) is 56.5 Å². The van der Waals surface area contributed by atoms with Gasteiger partial charge in [-0.1, -0.05) is 31.9 Å². The number of benzene rings is 2. The van der Waals surface area contributed by atoms with E-state index in [2.05, 4.69) is 42.2 Å². The highest BCUT2D eigenvalue weighted by Gasteiger charge is 2.00. The van der Waals surface area contributed by atoms with Crippen molar-refractivity contribution >= 4 is 55.0 Å². The largest absolute Gasteiger partial charge is 0.398 e. The Labute approximate surface area is 150 Å². The predicted molar refractivity (Wildman–Crippen MR) is 97.2 cm³/mol. The molecule has 6 N–H and O–H groups in total. The van der Waals surface area contributed by atoms with Gasteiger partial charge in [-0.25, -0.2) is 0 Å². The molecule has 2 aromatic rings. The minimum Gasteiger partial charge on any atom is -0.398 e. The average molecular weight is 454 g/mol. The molecule has 2 rings (SSSR count). The Morgan fingerprint density at radius 3 is 2.00 bits per heavy atom. The number of anilines is 2. The Morgan fingerprint density at radius 2 is 1.50 bits per heavy atom. The van der Waals surface area contributed by atoms with Crippen molar-refractivity contribution in [2.45, 2.75) is 13.2 Å². The molecule has 0 aromatic heterocycles. The number of hydrogen-bond donors (Lipinski definition) is 5. The molecule has 0 atom stereocenters. The summed E-state index contributed by atoms with van der Waals surface area (Å²) >= 11 is 11.8. The third-order valence-corrected chi connectivity index (χ3v) is 3.78. The summed E-state index contributed by atoms with van der Waals surface area (Å²) in [6.07, 6.45) is 0. The monoisotopic (exact) mass is 451 g/mol. The fraction of sp³-hybridized carbons (Fsp3) is 0.143. The van der Waals surface area contributed by atoms with Gasteiger partial charge in [-0.3, -0.25) is 0 Å². The Morgan fingerprint density at radius 1 is 0.955 bits per heavy atom. The third kappa shape index (κ3) is 6.12. The molecule has 22 heavy (non-hydrogen) atoms. The molecular weight excluding hydrogens is 437 g/mol. The van der Waals surface area contributed by atoms with Crippen LogP contribution in [0.15, 0.2) is 45.3 Å². The van der Waals surface area contributed by atoms with Crippen LogP contribution >= 0.6 is 43.6 Å². The van der Waals surface area contributed by atoms with Crippen molar-refractivity contribution in [2.24, 2.45) is 0 Å². The lowest BCUT2D eigenvalue weighted by Gasteiger charge is -2.07. The maximum Gasteiger partial charge on any atom is 0.0702 e. The van der Waals surface area contributed by atoms with Crippen molar-refractivity contribution < 1.29 is 10.2 Å². The van der Waals surface area contributed by atoms with E-state index < -0.39 is 0 Å². The summed E-state index contributed by atoms with van der Waals surface area (Å²) in [5, 5.41) is 17.7. The molecule has 0 aliphatic rings. The second kappa shape index (κ2) is 10.0. The van der Waals surface area contributed by atoms with Gasteiger partial charge < -0.3 is 21.4 Å². The minimum absolute atomic E-state index is 0.00866. The van der Waals surface area contributed by atoms with E-state index in [-0.39, 0.29) is 13.2 Å². The highest BCUT2D eigenvalue weighted by molar-refractivity contribution is 9.10. The van der Waals surface area contributed by atoms with Gasteiger partial charge in [-0.2, -0.15) is 0 Å². The molecule has 0 heterocycles. The van der Waals surface area contributed by atoms with E-state index in [1.54, 1.807) is 12.1 Å². The van der Waals surface area contributed by atoms with Crippen LogP contribution in [0.5, 0.6) is 0 Å². The summed E-state index contributed by atoms with van der Waals surface area (Å²) in [6.45, 7) is -0.0361. The van der Waals surface area contributed by atoms with Crippen molar-refractivity contribution in [1.29, 1.82) is 0 Å². The zero-order chi connectivity index (χ0) is 16.5. The topological polar surface area (TPSA) is 90.5 Å². The molecule has 0 bridgehead atoms. The zero-order valence-corrected chi connectivity index (χ0v) is 15.4. The Balaban J connectivity index is 0.000000224. The zero-order valence-electron chi connectivity index (χ0n) is 11.5. The molecule has 2 aromatic carbocycles. The highest BCUT2D eigenvalue weighted by Crippen LogP contribution is 2.20. The molecule has 0 spiro atoms. The first-order valence-corrected chi connectivity index (χ1v) is 8.14. The quantitative estimate of drug-likeness (QED) is 0.278. The third-order valence-electron chi connectivity index (χ3n) is 2.69. The molecule has 0 amide bonds. The molecule has 0 aliphatic heterocycles. The standard InChI is InChI=1S/C7H8BrClN2O.C7H8BrNO/c8-6-1-2-7(10-11-9)5(3-6)4-12;8-6-1-2-7(9)5(3-6)4-10/h1-3,10-12H,4H2;1-3,10H,4,9H2. The Kier molecular flexibility index (Phi) is 8.77. The minimum atomic E-state index is -0.0274. The van der Waals surface area contributed by atoms with Gasteiger partial charge in [0.15, 0.2) is 0 Å². The van der Waals surface area contributed by atoms with Gasteiger partial charge >= 0.3 is 0 Å². The van der Waals surface area contributed by atoms with E-state index in [0.717, 1.165) is 25.8 Å². The second-order valence-corrected chi connectivity index (χ2v) is 6.20. The number of aliphatic hydroxyl groups excluding tert-OH is 2. The predicted octanol–water partition coefficient (Wildman–Crippen LogP) is 3.54. The van der Waals surface area contributed by atoms with Gasteiger partial charge in [0, 0.05) is 25.8 Å². The lowest BCUT2D eigenvalue weighted by atomic mass is 10.2. The van der Waals surface area contributed by atoms with Crippen LogP contribution in [0.1, 0.15) is 11.1 Å². The second-order valence-electron chi connectivity index (χ2n) is 4.18. The van der Waals surface area contributed by atoms with E-state index in [1.807, 2.05) is 24.3 Å². The first-order valence-electron chi connectivity index (χ1n) is 6.17. The number of nitrogens with one attached hydrogen (secondary N) is 2. The van der Waals surface area contributed by atoms with Crippen molar-refractivity contribution in [3.63, 3.8) is 0 Å². The van der Waals surface area contributed by atoms with Crippen LogP contribution < -0.4 is 16.1 Å². The van der Waals surface area contributed by atoms with Crippen LogP contribution in [0.25, 0.3) is 0 Å². The van der Waals surface area contributed by atoms with Crippen LogP contribution in [-0.4, -0.2) is 10.2 Å². The van der Waals surface area contributed by atoms with E-state index in [1.165, 1.54) is 0 Å². The molecule has 5 nitrogen and oxygen atoms in total. The number of halogens is 3.